The number of ether oxygens (including phenoxy) is 2. The van der Waals surface area contributed by atoms with Crippen LogP contribution in [0.3, 0.4) is 0 Å². The van der Waals surface area contributed by atoms with Gasteiger partial charge < -0.3 is 14.4 Å². The van der Waals surface area contributed by atoms with E-state index in [1.807, 2.05) is 43.9 Å². The first kappa shape index (κ1) is 17.6. The zero-order valence-corrected chi connectivity index (χ0v) is 14.8. The van der Waals surface area contributed by atoms with E-state index in [1.165, 1.54) is 12.8 Å². The first-order chi connectivity index (χ1) is 11.0. The average Bonchev–Trinajstić information content (AvgIpc) is 3.05. The van der Waals surface area contributed by atoms with Crippen LogP contribution < -0.4 is 9.47 Å². The minimum Gasteiger partial charge on any atom is -0.493 e. The van der Waals surface area contributed by atoms with Crippen molar-refractivity contribution in [3.05, 3.63) is 23.8 Å². The molecule has 0 atom stereocenters. The van der Waals surface area contributed by atoms with Gasteiger partial charge in [-0.05, 0) is 44.4 Å². The van der Waals surface area contributed by atoms with Crippen molar-refractivity contribution in [2.75, 3.05) is 7.11 Å². The zero-order chi connectivity index (χ0) is 16.8. The summed E-state index contributed by atoms with van der Waals surface area (Å²) in [6.07, 6.45) is 5.34. The Balaban J connectivity index is 2.19. The maximum atomic E-state index is 12.4. The Morgan fingerprint density at radius 1 is 1.26 bits per heavy atom. The van der Waals surface area contributed by atoms with Crippen molar-refractivity contribution in [3.63, 3.8) is 0 Å². The molecule has 4 heteroatoms. The fraction of sp³-hybridized carbons (Fsp3) is 0.632. The highest BCUT2D eigenvalue weighted by Gasteiger charge is 2.26. The van der Waals surface area contributed by atoms with E-state index in [2.05, 4.69) is 0 Å². The molecule has 0 heterocycles. The molecule has 0 bridgehead atoms. The Morgan fingerprint density at radius 3 is 2.52 bits per heavy atom. The number of rotatable bonds is 7. The molecule has 0 spiro atoms. The molecule has 1 amide bonds. The second kappa shape index (κ2) is 8.23. The summed E-state index contributed by atoms with van der Waals surface area (Å²) in [4.78, 5) is 14.4. The average molecular weight is 319 g/mol. The standard InChI is InChI=1S/C19H29NO3/c1-5-19(21)20(16-8-6-7-9-16)13-15-10-11-17(22-4)18(12-15)23-14(2)3/h10-12,14,16H,5-9,13H2,1-4H3. The molecule has 4 nitrogen and oxygen atoms in total. The first-order valence-corrected chi connectivity index (χ1v) is 8.68. The number of hydrogen-bond donors (Lipinski definition) is 0. The van der Waals surface area contributed by atoms with E-state index in [9.17, 15) is 4.79 Å². The molecular weight excluding hydrogens is 290 g/mol. The predicted octanol–water partition coefficient (Wildman–Crippen LogP) is 4.16. The number of carbonyl (C=O) groups excluding carboxylic acids is 1. The highest BCUT2D eigenvalue weighted by atomic mass is 16.5. The van der Waals surface area contributed by atoms with Crippen LogP contribution >= 0.6 is 0 Å². The monoisotopic (exact) mass is 319 g/mol. The minimum absolute atomic E-state index is 0.0855. The van der Waals surface area contributed by atoms with Gasteiger partial charge in [-0.2, -0.15) is 0 Å². The summed E-state index contributed by atoms with van der Waals surface area (Å²) >= 11 is 0. The maximum Gasteiger partial charge on any atom is 0.222 e. The van der Waals surface area contributed by atoms with E-state index in [0.717, 1.165) is 29.9 Å². The van der Waals surface area contributed by atoms with E-state index in [0.29, 0.717) is 19.0 Å². The van der Waals surface area contributed by atoms with Gasteiger partial charge in [-0.3, -0.25) is 4.79 Å². The van der Waals surface area contributed by atoms with Gasteiger partial charge in [0.2, 0.25) is 5.91 Å². The molecule has 0 unspecified atom stereocenters. The Labute approximate surface area is 139 Å². The van der Waals surface area contributed by atoms with Crippen LogP contribution in [0.4, 0.5) is 0 Å². The SMILES string of the molecule is CCC(=O)N(Cc1ccc(OC)c(OC(C)C)c1)C1CCCC1. The molecule has 1 fully saturated rings. The molecular formula is C19H29NO3. The van der Waals surface area contributed by atoms with Crippen LogP contribution in [0.1, 0.15) is 58.4 Å². The number of amides is 1. The smallest absolute Gasteiger partial charge is 0.222 e. The molecule has 1 saturated carbocycles. The second-order valence-corrected chi connectivity index (χ2v) is 6.47. The van der Waals surface area contributed by atoms with E-state index in [4.69, 9.17) is 9.47 Å². The van der Waals surface area contributed by atoms with Gasteiger partial charge in [-0.15, -0.1) is 0 Å². The van der Waals surface area contributed by atoms with Crippen molar-refractivity contribution >= 4 is 5.91 Å². The summed E-state index contributed by atoms with van der Waals surface area (Å²) in [5.41, 5.74) is 1.09. The molecule has 23 heavy (non-hydrogen) atoms. The molecule has 0 aromatic heterocycles. The van der Waals surface area contributed by atoms with Crippen molar-refractivity contribution in [1.82, 2.24) is 4.90 Å². The summed E-state index contributed by atoms with van der Waals surface area (Å²) in [6.45, 7) is 6.58. The summed E-state index contributed by atoms with van der Waals surface area (Å²) in [5, 5.41) is 0. The number of benzene rings is 1. The Bertz CT molecular complexity index is 521. The van der Waals surface area contributed by atoms with Crippen LogP contribution in [0.25, 0.3) is 0 Å². The third-order valence-electron chi connectivity index (χ3n) is 4.33. The Hall–Kier alpha value is -1.71. The highest BCUT2D eigenvalue weighted by Crippen LogP contribution is 2.31. The van der Waals surface area contributed by atoms with Gasteiger partial charge in [0.15, 0.2) is 11.5 Å². The zero-order valence-electron chi connectivity index (χ0n) is 14.8. The quantitative estimate of drug-likeness (QED) is 0.757. The Kier molecular flexibility index (Phi) is 6.31. The van der Waals surface area contributed by atoms with Crippen LogP contribution in [0, 0.1) is 0 Å². The lowest BCUT2D eigenvalue weighted by molar-refractivity contribution is -0.133. The third-order valence-corrected chi connectivity index (χ3v) is 4.33. The van der Waals surface area contributed by atoms with Crippen molar-refractivity contribution in [2.24, 2.45) is 0 Å². The summed E-state index contributed by atoms with van der Waals surface area (Å²) in [6, 6.07) is 6.34. The fourth-order valence-electron chi connectivity index (χ4n) is 3.20. The van der Waals surface area contributed by atoms with Crippen LogP contribution in [0.2, 0.25) is 0 Å². The Morgan fingerprint density at radius 2 is 1.96 bits per heavy atom. The fourth-order valence-corrected chi connectivity index (χ4v) is 3.20. The second-order valence-electron chi connectivity index (χ2n) is 6.47. The third kappa shape index (κ3) is 4.63. The minimum atomic E-state index is 0.0855. The maximum absolute atomic E-state index is 12.4. The molecule has 0 aliphatic heterocycles. The van der Waals surface area contributed by atoms with Crippen LogP contribution in [0.15, 0.2) is 18.2 Å². The lowest BCUT2D eigenvalue weighted by Gasteiger charge is -2.29. The van der Waals surface area contributed by atoms with Crippen molar-refractivity contribution in [1.29, 1.82) is 0 Å². The molecule has 1 aliphatic carbocycles. The lowest BCUT2D eigenvalue weighted by atomic mass is 10.1. The van der Waals surface area contributed by atoms with Crippen LogP contribution in [-0.2, 0) is 11.3 Å². The van der Waals surface area contributed by atoms with Gasteiger partial charge >= 0.3 is 0 Å². The number of hydrogen-bond acceptors (Lipinski definition) is 3. The molecule has 0 N–H and O–H groups in total. The van der Waals surface area contributed by atoms with Gasteiger partial charge in [-0.25, -0.2) is 0 Å². The van der Waals surface area contributed by atoms with Crippen LogP contribution in [-0.4, -0.2) is 30.1 Å². The van der Waals surface area contributed by atoms with Crippen molar-refractivity contribution in [2.45, 2.75) is 71.6 Å². The number of methoxy groups -OCH3 is 1. The molecule has 128 valence electrons. The number of nitrogens with zero attached hydrogens (tertiary/aromatic N) is 1. The molecule has 0 saturated heterocycles. The van der Waals surface area contributed by atoms with Crippen molar-refractivity contribution in [3.8, 4) is 11.5 Å². The first-order valence-electron chi connectivity index (χ1n) is 8.68. The number of carbonyl (C=O) groups is 1. The van der Waals surface area contributed by atoms with Gasteiger partial charge in [0.1, 0.15) is 0 Å². The van der Waals surface area contributed by atoms with E-state index >= 15 is 0 Å². The summed E-state index contributed by atoms with van der Waals surface area (Å²) in [5.74, 6) is 1.71. The summed E-state index contributed by atoms with van der Waals surface area (Å²) in [7, 11) is 1.65. The lowest BCUT2D eigenvalue weighted by Crippen LogP contribution is -2.37. The molecule has 2 rings (SSSR count). The van der Waals surface area contributed by atoms with E-state index in [-0.39, 0.29) is 12.0 Å². The molecule has 1 aliphatic rings. The van der Waals surface area contributed by atoms with Gasteiger partial charge in [0.05, 0.1) is 13.2 Å². The predicted molar refractivity (Wildman–Crippen MR) is 91.9 cm³/mol. The molecule has 0 radical (unpaired) electrons. The molecule has 1 aromatic rings. The highest BCUT2D eigenvalue weighted by molar-refractivity contribution is 5.76. The molecule has 1 aromatic carbocycles. The van der Waals surface area contributed by atoms with Gasteiger partial charge in [0, 0.05) is 19.0 Å². The van der Waals surface area contributed by atoms with E-state index < -0.39 is 0 Å². The summed E-state index contributed by atoms with van der Waals surface area (Å²) < 4.78 is 11.2. The van der Waals surface area contributed by atoms with E-state index in [1.54, 1.807) is 7.11 Å². The normalized spacial score (nSPS) is 15.0. The largest absolute Gasteiger partial charge is 0.493 e. The van der Waals surface area contributed by atoms with Crippen molar-refractivity contribution < 1.29 is 14.3 Å². The topological polar surface area (TPSA) is 38.8 Å². The van der Waals surface area contributed by atoms with Gasteiger partial charge in [0.25, 0.3) is 0 Å². The van der Waals surface area contributed by atoms with Crippen LogP contribution in [0.5, 0.6) is 11.5 Å². The van der Waals surface area contributed by atoms with Gasteiger partial charge in [-0.1, -0.05) is 25.8 Å².